The molecule has 29 heavy (non-hydrogen) atoms. The highest BCUT2D eigenvalue weighted by Crippen LogP contribution is 2.35. The Balaban J connectivity index is 1.86. The molecule has 0 spiro atoms. The lowest BCUT2D eigenvalue weighted by Gasteiger charge is -2.33. The third-order valence-corrected chi connectivity index (χ3v) is 5.26. The van der Waals surface area contributed by atoms with Gasteiger partial charge in [0.1, 0.15) is 18.9 Å². The van der Waals surface area contributed by atoms with Gasteiger partial charge in [0.25, 0.3) is 0 Å². The van der Waals surface area contributed by atoms with E-state index in [-0.39, 0.29) is 19.1 Å². The second-order valence-electron chi connectivity index (χ2n) is 7.01. The van der Waals surface area contributed by atoms with E-state index < -0.39 is 18.0 Å². The number of nitrogens with zero attached hydrogens (tertiary/aromatic N) is 2. The van der Waals surface area contributed by atoms with Crippen LogP contribution < -0.4 is 10.1 Å². The Kier molecular flexibility index (Phi) is 6.41. The molecule has 0 bridgehead atoms. The molecule has 0 aromatic heterocycles. The predicted octanol–water partition coefficient (Wildman–Crippen LogP) is 2.22. The molecule has 0 radical (unpaired) electrons. The van der Waals surface area contributed by atoms with Crippen LogP contribution in [0.15, 0.2) is 35.5 Å². The highest BCUT2D eigenvalue weighted by atomic mass is 16.5. The summed E-state index contributed by atoms with van der Waals surface area (Å²) in [5, 5.41) is 2.84. The van der Waals surface area contributed by atoms with Crippen LogP contribution >= 0.6 is 0 Å². The average Bonchev–Trinajstić information content (AvgIpc) is 3.12. The van der Waals surface area contributed by atoms with Gasteiger partial charge in [0.2, 0.25) is 5.91 Å². The van der Waals surface area contributed by atoms with Gasteiger partial charge in [-0.1, -0.05) is 25.5 Å². The van der Waals surface area contributed by atoms with Crippen molar-refractivity contribution in [3.05, 3.63) is 41.1 Å². The molecule has 3 amide bonds. The van der Waals surface area contributed by atoms with Gasteiger partial charge in [0, 0.05) is 13.1 Å². The first-order valence-corrected chi connectivity index (χ1v) is 9.90. The summed E-state index contributed by atoms with van der Waals surface area (Å²) in [5.41, 5.74) is 1.58. The number of urea groups is 1. The van der Waals surface area contributed by atoms with Crippen molar-refractivity contribution in [2.45, 2.75) is 32.7 Å². The molecule has 1 aromatic carbocycles. The van der Waals surface area contributed by atoms with Crippen LogP contribution in [0.1, 0.15) is 38.3 Å². The predicted molar refractivity (Wildman–Crippen MR) is 106 cm³/mol. The summed E-state index contributed by atoms with van der Waals surface area (Å²) >= 11 is 0. The third kappa shape index (κ3) is 4.21. The number of amides is 3. The van der Waals surface area contributed by atoms with Gasteiger partial charge in [-0.25, -0.2) is 9.59 Å². The summed E-state index contributed by atoms with van der Waals surface area (Å²) in [6.45, 7) is 5.07. The van der Waals surface area contributed by atoms with Gasteiger partial charge in [-0.15, -0.1) is 0 Å². The number of hydrogen-bond donors (Lipinski definition) is 1. The first-order chi connectivity index (χ1) is 14.0. The molecule has 3 rings (SSSR count). The minimum atomic E-state index is -0.618. The number of hydrogen-bond acceptors (Lipinski definition) is 5. The van der Waals surface area contributed by atoms with E-state index in [0.29, 0.717) is 30.1 Å². The van der Waals surface area contributed by atoms with E-state index >= 15 is 0 Å². The van der Waals surface area contributed by atoms with E-state index in [1.165, 1.54) is 4.90 Å². The minimum absolute atomic E-state index is 0.0113. The molecule has 0 aliphatic carbocycles. The number of nitrogens with one attached hydrogen (secondary N) is 1. The van der Waals surface area contributed by atoms with E-state index in [4.69, 9.17) is 9.47 Å². The fourth-order valence-electron chi connectivity index (χ4n) is 3.57. The number of rotatable bonds is 8. The second-order valence-corrected chi connectivity index (χ2v) is 7.01. The summed E-state index contributed by atoms with van der Waals surface area (Å²) in [7, 11) is 1.57. The first-order valence-electron chi connectivity index (χ1n) is 9.90. The summed E-state index contributed by atoms with van der Waals surface area (Å²) in [6, 6.07) is 6.10. The smallest absolute Gasteiger partial charge is 0.338 e. The van der Waals surface area contributed by atoms with Crippen LogP contribution in [0.2, 0.25) is 0 Å². The number of benzene rings is 1. The molecular formula is C21H27N3O5. The highest BCUT2D eigenvalue weighted by Gasteiger charge is 2.43. The quantitative estimate of drug-likeness (QED) is 0.675. The topological polar surface area (TPSA) is 88.2 Å². The van der Waals surface area contributed by atoms with E-state index in [2.05, 4.69) is 12.2 Å². The second kappa shape index (κ2) is 8.98. The lowest BCUT2D eigenvalue weighted by Crippen LogP contribution is -2.51. The van der Waals surface area contributed by atoms with Crippen LogP contribution in [0.4, 0.5) is 4.79 Å². The number of methoxy groups -OCH3 is 1. The van der Waals surface area contributed by atoms with Gasteiger partial charge in [-0.3, -0.25) is 9.69 Å². The first kappa shape index (κ1) is 20.7. The van der Waals surface area contributed by atoms with Crippen molar-refractivity contribution in [1.29, 1.82) is 0 Å². The lowest BCUT2D eigenvalue weighted by atomic mass is 9.95. The van der Waals surface area contributed by atoms with Crippen LogP contribution in [0.3, 0.4) is 0 Å². The normalized spacial score (nSPS) is 18.3. The standard InChI is InChI=1S/C21H27N3O5/c1-4-6-11-23(5-2)17(25)12-24-16-13-29-20(26)18(16)19(22-21(24)27)14-7-9-15(28-3)10-8-14/h7-10,19H,4-6,11-13H2,1-3H3,(H,22,27)/t19-/m0/s1. The molecule has 8 nitrogen and oxygen atoms in total. The van der Waals surface area contributed by atoms with E-state index in [1.54, 1.807) is 36.3 Å². The molecule has 2 aliphatic rings. The molecule has 1 aromatic rings. The lowest BCUT2D eigenvalue weighted by molar-refractivity contribution is -0.136. The van der Waals surface area contributed by atoms with E-state index in [0.717, 1.165) is 18.4 Å². The Morgan fingerprint density at radius 2 is 2.00 bits per heavy atom. The van der Waals surface area contributed by atoms with Crippen molar-refractivity contribution < 1.29 is 23.9 Å². The SMILES string of the molecule is CCCCN(CC)C(=O)CN1C(=O)N[C@@H](c2ccc(OC)cc2)C2=C1COC2=O. The number of ether oxygens (including phenoxy) is 2. The van der Waals surface area contributed by atoms with Crippen molar-refractivity contribution >= 4 is 17.9 Å². The van der Waals surface area contributed by atoms with Crippen LogP contribution in [0, 0.1) is 0 Å². The Labute approximate surface area is 170 Å². The zero-order chi connectivity index (χ0) is 21.0. The van der Waals surface area contributed by atoms with Crippen LogP contribution in [0.5, 0.6) is 5.75 Å². The molecule has 0 fully saturated rings. The maximum Gasteiger partial charge on any atom is 0.338 e. The van der Waals surface area contributed by atoms with Crippen molar-refractivity contribution in [2.75, 3.05) is 33.4 Å². The zero-order valence-electron chi connectivity index (χ0n) is 17.1. The Bertz CT molecular complexity index is 818. The monoisotopic (exact) mass is 401 g/mol. The Hall–Kier alpha value is -3.03. The van der Waals surface area contributed by atoms with Crippen LogP contribution in [-0.4, -0.2) is 61.1 Å². The molecule has 2 aliphatic heterocycles. The number of esters is 1. The van der Waals surface area contributed by atoms with Gasteiger partial charge >= 0.3 is 12.0 Å². The Morgan fingerprint density at radius 3 is 2.62 bits per heavy atom. The van der Waals surface area contributed by atoms with Gasteiger partial charge < -0.3 is 19.7 Å². The largest absolute Gasteiger partial charge is 0.497 e. The average molecular weight is 401 g/mol. The maximum absolute atomic E-state index is 12.8. The zero-order valence-corrected chi connectivity index (χ0v) is 17.1. The van der Waals surface area contributed by atoms with Crippen LogP contribution in [-0.2, 0) is 14.3 Å². The molecule has 8 heteroatoms. The van der Waals surface area contributed by atoms with Gasteiger partial charge in [0.05, 0.1) is 24.4 Å². The molecule has 0 unspecified atom stereocenters. The molecule has 0 saturated carbocycles. The molecule has 156 valence electrons. The molecule has 1 atom stereocenters. The molecular weight excluding hydrogens is 374 g/mol. The van der Waals surface area contributed by atoms with Gasteiger partial charge in [-0.05, 0) is 31.0 Å². The molecule has 0 saturated heterocycles. The van der Waals surface area contributed by atoms with E-state index in [9.17, 15) is 14.4 Å². The molecule has 2 heterocycles. The van der Waals surface area contributed by atoms with Gasteiger partial charge in [0.15, 0.2) is 0 Å². The fraction of sp³-hybridized carbons (Fsp3) is 0.476. The fourth-order valence-corrected chi connectivity index (χ4v) is 3.57. The van der Waals surface area contributed by atoms with Crippen molar-refractivity contribution in [2.24, 2.45) is 0 Å². The number of cyclic esters (lactones) is 1. The molecule has 1 N–H and O–H groups in total. The highest BCUT2D eigenvalue weighted by molar-refractivity contribution is 5.98. The van der Waals surface area contributed by atoms with Gasteiger partial charge in [-0.2, -0.15) is 0 Å². The Morgan fingerprint density at radius 1 is 1.28 bits per heavy atom. The number of unbranched alkanes of at least 4 members (excludes halogenated alkanes) is 1. The van der Waals surface area contributed by atoms with E-state index in [1.807, 2.05) is 6.92 Å². The number of likely N-dealkylation sites (N-methyl/N-ethyl adjacent to an activating group) is 1. The summed E-state index contributed by atoms with van der Waals surface area (Å²) in [4.78, 5) is 41.0. The maximum atomic E-state index is 12.8. The van der Waals surface area contributed by atoms with Crippen molar-refractivity contribution in [3.63, 3.8) is 0 Å². The van der Waals surface area contributed by atoms with Crippen LogP contribution in [0.25, 0.3) is 0 Å². The summed E-state index contributed by atoms with van der Waals surface area (Å²) in [6.07, 6.45) is 1.88. The number of carbonyl (C=O) groups excluding carboxylic acids is 3. The van der Waals surface area contributed by atoms with Crippen molar-refractivity contribution in [3.8, 4) is 5.75 Å². The minimum Gasteiger partial charge on any atom is -0.497 e. The van der Waals surface area contributed by atoms with Crippen molar-refractivity contribution in [1.82, 2.24) is 15.1 Å². The summed E-state index contributed by atoms with van der Waals surface area (Å²) in [5.74, 6) is 0.0554. The number of carbonyl (C=O) groups is 3. The summed E-state index contributed by atoms with van der Waals surface area (Å²) < 4.78 is 10.4. The third-order valence-electron chi connectivity index (χ3n) is 5.26.